The molecule has 0 saturated heterocycles. The van der Waals surface area contributed by atoms with Crippen molar-refractivity contribution in [1.82, 2.24) is 5.32 Å². The van der Waals surface area contributed by atoms with Gasteiger partial charge in [0, 0.05) is 0 Å². The number of aliphatic carboxylic acids is 1. The average molecular weight is 289 g/mol. The second kappa shape index (κ2) is 6.93. The minimum absolute atomic E-state index is 0.0307. The predicted molar refractivity (Wildman–Crippen MR) is 65.0 cm³/mol. The molecule has 0 saturated carbocycles. The summed E-state index contributed by atoms with van der Waals surface area (Å²) in [6, 6.07) is 7.56. The number of carbonyl (C=O) groups is 2. The molecule has 110 valence electrons. The largest absolute Gasteiger partial charge is 0.480 e. The van der Waals surface area contributed by atoms with Gasteiger partial charge in [-0.15, -0.1) is 0 Å². The topological polar surface area (TPSA) is 66.4 Å². The average Bonchev–Trinajstić information content (AvgIpc) is 2.33. The van der Waals surface area contributed by atoms with E-state index in [9.17, 15) is 22.8 Å². The number of carboxylic acid groups (broad SMARTS) is 1. The van der Waals surface area contributed by atoms with Crippen molar-refractivity contribution in [3.05, 3.63) is 35.9 Å². The fourth-order valence-electron chi connectivity index (χ4n) is 1.64. The third kappa shape index (κ3) is 6.21. The van der Waals surface area contributed by atoms with Crippen LogP contribution in [-0.2, 0) is 16.0 Å². The van der Waals surface area contributed by atoms with Crippen LogP contribution in [0.4, 0.5) is 13.2 Å². The zero-order valence-electron chi connectivity index (χ0n) is 10.5. The van der Waals surface area contributed by atoms with Crippen LogP contribution in [0.25, 0.3) is 0 Å². The lowest BCUT2D eigenvalue weighted by atomic mass is 10.1. The molecule has 0 bridgehead atoms. The highest BCUT2D eigenvalue weighted by Gasteiger charge is 2.32. The van der Waals surface area contributed by atoms with Crippen LogP contribution >= 0.6 is 0 Å². The van der Waals surface area contributed by atoms with E-state index in [4.69, 9.17) is 5.11 Å². The smallest absolute Gasteiger partial charge is 0.397 e. The van der Waals surface area contributed by atoms with E-state index in [1.807, 2.05) is 5.32 Å². The Morgan fingerprint density at radius 3 is 2.30 bits per heavy atom. The van der Waals surface area contributed by atoms with E-state index in [0.29, 0.717) is 6.42 Å². The molecule has 1 aromatic carbocycles. The van der Waals surface area contributed by atoms with Crippen LogP contribution in [0.15, 0.2) is 30.3 Å². The fourth-order valence-corrected chi connectivity index (χ4v) is 1.64. The molecule has 0 fully saturated rings. The Balaban J connectivity index is 2.53. The summed E-state index contributed by atoms with van der Waals surface area (Å²) in [5.74, 6) is -2.69. The summed E-state index contributed by atoms with van der Waals surface area (Å²) >= 11 is 0. The second-order valence-corrected chi connectivity index (χ2v) is 4.27. The molecule has 0 heterocycles. The molecule has 20 heavy (non-hydrogen) atoms. The number of halogens is 3. The first-order chi connectivity index (χ1) is 9.28. The van der Waals surface area contributed by atoms with Gasteiger partial charge in [-0.1, -0.05) is 30.3 Å². The SMILES string of the molecule is O=C(CC(F)(F)F)NC(CCc1ccccc1)C(=O)O. The van der Waals surface area contributed by atoms with Crippen LogP contribution < -0.4 is 5.32 Å². The fraction of sp³-hybridized carbons (Fsp3) is 0.385. The van der Waals surface area contributed by atoms with Gasteiger partial charge in [-0.3, -0.25) is 4.79 Å². The minimum Gasteiger partial charge on any atom is -0.480 e. The van der Waals surface area contributed by atoms with Crippen LogP contribution in [0.5, 0.6) is 0 Å². The monoisotopic (exact) mass is 289 g/mol. The number of carbonyl (C=O) groups excluding carboxylic acids is 1. The molecule has 0 aromatic heterocycles. The van der Waals surface area contributed by atoms with Crippen LogP contribution in [0, 0.1) is 0 Å². The van der Waals surface area contributed by atoms with E-state index < -0.39 is 30.5 Å². The van der Waals surface area contributed by atoms with Gasteiger partial charge in [0.15, 0.2) is 0 Å². The van der Waals surface area contributed by atoms with Gasteiger partial charge < -0.3 is 10.4 Å². The summed E-state index contributed by atoms with van der Waals surface area (Å²) in [6.07, 6.45) is -5.94. The summed E-state index contributed by atoms with van der Waals surface area (Å²) in [7, 11) is 0. The number of rotatable bonds is 6. The van der Waals surface area contributed by atoms with Crippen LogP contribution in [0.2, 0.25) is 0 Å². The second-order valence-electron chi connectivity index (χ2n) is 4.27. The van der Waals surface area contributed by atoms with Crippen molar-refractivity contribution in [3.63, 3.8) is 0 Å². The molecule has 0 spiro atoms. The van der Waals surface area contributed by atoms with Crippen LogP contribution in [0.3, 0.4) is 0 Å². The van der Waals surface area contributed by atoms with E-state index in [2.05, 4.69) is 0 Å². The highest BCUT2D eigenvalue weighted by atomic mass is 19.4. The molecule has 4 nitrogen and oxygen atoms in total. The first kappa shape index (κ1) is 16.0. The Morgan fingerprint density at radius 2 is 1.80 bits per heavy atom. The number of benzene rings is 1. The molecule has 0 aliphatic rings. The molecule has 7 heteroatoms. The number of aryl methyl sites for hydroxylation is 1. The highest BCUT2D eigenvalue weighted by Crippen LogP contribution is 2.19. The summed E-state index contributed by atoms with van der Waals surface area (Å²) in [5, 5.41) is 10.8. The van der Waals surface area contributed by atoms with E-state index in [0.717, 1.165) is 5.56 Å². The Hall–Kier alpha value is -2.05. The molecule has 0 aliphatic carbocycles. The summed E-state index contributed by atoms with van der Waals surface area (Å²) < 4.78 is 36.0. The van der Waals surface area contributed by atoms with Gasteiger partial charge in [0.25, 0.3) is 0 Å². The molecular weight excluding hydrogens is 275 g/mol. The van der Waals surface area contributed by atoms with Gasteiger partial charge in [0.05, 0.1) is 0 Å². The lowest BCUT2D eigenvalue weighted by Crippen LogP contribution is -2.42. The molecule has 1 rings (SSSR count). The Bertz CT molecular complexity index is 460. The Labute approximate surface area is 113 Å². The van der Waals surface area contributed by atoms with Crippen molar-refractivity contribution in [2.24, 2.45) is 0 Å². The zero-order valence-corrected chi connectivity index (χ0v) is 10.5. The minimum atomic E-state index is -4.65. The quantitative estimate of drug-likeness (QED) is 0.843. The normalized spacial score (nSPS) is 12.8. The predicted octanol–water partition coefficient (Wildman–Crippen LogP) is 2.14. The Morgan fingerprint density at radius 1 is 1.20 bits per heavy atom. The summed E-state index contributed by atoms with van der Waals surface area (Å²) in [5.41, 5.74) is 0.851. The number of carboxylic acids is 1. The molecular formula is C13H14F3NO3. The standard InChI is InChI=1S/C13H14F3NO3/c14-13(15,16)8-11(18)17-10(12(19)20)7-6-9-4-2-1-3-5-9/h1-5,10H,6-8H2,(H,17,18)(H,19,20). The van der Waals surface area contributed by atoms with Gasteiger partial charge >= 0.3 is 12.1 Å². The van der Waals surface area contributed by atoms with E-state index in [1.54, 1.807) is 30.3 Å². The molecule has 0 radical (unpaired) electrons. The molecule has 1 unspecified atom stereocenters. The maximum atomic E-state index is 12.0. The number of alkyl halides is 3. The van der Waals surface area contributed by atoms with Gasteiger partial charge in [0.1, 0.15) is 12.5 Å². The molecule has 2 N–H and O–H groups in total. The van der Waals surface area contributed by atoms with E-state index >= 15 is 0 Å². The summed E-state index contributed by atoms with van der Waals surface area (Å²) in [6.45, 7) is 0. The Kier molecular flexibility index (Phi) is 5.54. The molecule has 1 atom stereocenters. The number of amides is 1. The lowest BCUT2D eigenvalue weighted by Gasteiger charge is -2.15. The van der Waals surface area contributed by atoms with Crippen molar-refractivity contribution in [1.29, 1.82) is 0 Å². The molecule has 1 aromatic rings. The third-order valence-corrected chi connectivity index (χ3v) is 2.56. The van der Waals surface area contributed by atoms with Gasteiger partial charge in [-0.05, 0) is 18.4 Å². The van der Waals surface area contributed by atoms with Crippen molar-refractivity contribution in [3.8, 4) is 0 Å². The van der Waals surface area contributed by atoms with Crippen LogP contribution in [-0.4, -0.2) is 29.2 Å². The first-order valence-electron chi connectivity index (χ1n) is 5.91. The van der Waals surface area contributed by atoms with Gasteiger partial charge in [-0.2, -0.15) is 13.2 Å². The number of hydrogen-bond donors (Lipinski definition) is 2. The maximum absolute atomic E-state index is 12.0. The van der Waals surface area contributed by atoms with Crippen LogP contribution in [0.1, 0.15) is 18.4 Å². The number of nitrogens with one attached hydrogen (secondary N) is 1. The third-order valence-electron chi connectivity index (χ3n) is 2.56. The van der Waals surface area contributed by atoms with Gasteiger partial charge in [0.2, 0.25) is 5.91 Å². The number of hydrogen-bond acceptors (Lipinski definition) is 2. The van der Waals surface area contributed by atoms with E-state index in [1.165, 1.54) is 0 Å². The summed E-state index contributed by atoms with van der Waals surface area (Å²) in [4.78, 5) is 22.0. The van der Waals surface area contributed by atoms with E-state index in [-0.39, 0.29) is 6.42 Å². The zero-order chi connectivity index (χ0) is 15.2. The van der Waals surface area contributed by atoms with Crippen molar-refractivity contribution in [2.75, 3.05) is 0 Å². The molecule has 1 amide bonds. The van der Waals surface area contributed by atoms with Gasteiger partial charge in [-0.25, -0.2) is 4.79 Å². The highest BCUT2D eigenvalue weighted by molar-refractivity contribution is 5.83. The molecule has 0 aliphatic heterocycles. The van der Waals surface area contributed by atoms with Crippen molar-refractivity contribution in [2.45, 2.75) is 31.5 Å². The van der Waals surface area contributed by atoms with Crippen molar-refractivity contribution < 1.29 is 27.9 Å². The lowest BCUT2D eigenvalue weighted by molar-refractivity contribution is -0.156. The maximum Gasteiger partial charge on any atom is 0.397 e. The van der Waals surface area contributed by atoms with Crippen molar-refractivity contribution >= 4 is 11.9 Å². The first-order valence-corrected chi connectivity index (χ1v) is 5.91.